The monoisotopic (exact) mass is 301 g/mol. The van der Waals surface area contributed by atoms with Crippen LogP contribution >= 0.6 is 0 Å². The standard InChI is InChI=1S/C11H14F3N7/c1-3-15-7-4-8(19-10(18-7)11(12,13)14)16-5-9-17-6-21(2)20-9/h4,6H,3,5H2,1-2H3,(H2,15,16,18,19). The van der Waals surface area contributed by atoms with Gasteiger partial charge in [-0.25, -0.2) is 15.0 Å². The average Bonchev–Trinajstić information content (AvgIpc) is 2.81. The van der Waals surface area contributed by atoms with Gasteiger partial charge >= 0.3 is 6.18 Å². The Kier molecular flexibility index (Phi) is 4.24. The van der Waals surface area contributed by atoms with Gasteiger partial charge in [0, 0.05) is 19.7 Å². The van der Waals surface area contributed by atoms with Crippen LogP contribution in [0.15, 0.2) is 12.4 Å². The lowest BCUT2D eigenvalue weighted by molar-refractivity contribution is -0.144. The molecule has 0 spiro atoms. The summed E-state index contributed by atoms with van der Waals surface area (Å²) in [4.78, 5) is 10.9. The third kappa shape index (κ3) is 4.04. The van der Waals surface area contributed by atoms with Crippen molar-refractivity contribution in [3.05, 3.63) is 24.0 Å². The van der Waals surface area contributed by atoms with Crippen LogP contribution in [0, 0.1) is 0 Å². The van der Waals surface area contributed by atoms with Crippen LogP contribution in [0.3, 0.4) is 0 Å². The summed E-state index contributed by atoms with van der Waals surface area (Å²) in [6.07, 6.45) is -3.10. The molecule has 7 nitrogen and oxygen atoms in total. The number of nitrogens with zero attached hydrogens (tertiary/aromatic N) is 5. The second-order valence-corrected chi connectivity index (χ2v) is 4.18. The van der Waals surface area contributed by atoms with E-state index in [0.29, 0.717) is 12.4 Å². The maximum atomic E-state index is 12.7. The maximum Gasteiger partial charge on any atom is 0.451 e. The van der Waals surface area contributed by atoms with E-state index in [9.17, 15) is 13.2 Å². The van der Waals surface area contributed by atoms with E-state index >= 15 is 0 Å². The number of hydrogen-bond donors (Lipinski definition) is 2. The van der Waals surface area contributed by atoms with Crippen LogP contribution in [0.1, 0.15) is 18.6 Å². The van der Waals surface area contributed by atoms with Crippen LogP contribution in [0.2, 0.25) is 0 Å². The number of anilines is 2. The first-order chi connectivity index (χ1) is 9.88. The molecule has 0 aromatic carbocycles. The van der Waals surface area contributed by atoms with E-state index in [1.807, 2.05) is 0 Å². The third-order valence-electron chi connectivity index (χ3n) is 2.41. The van der Waals surface area contributed by atoms with Crippen LogP contribution in [0.5, 0.6) is 0 Å². The molecule has 0 saturated heterocycles. The van der Waals surface area contributed by atoms with Crippen LogP contribution in [-0.2, 0) is 19.8 Å². The molecule has 0 amide bonds. The maximum absolute atomic E-state index is 12.7. The topological polar surface area (TPSA) is 80.5 Å². The zero-order chi connectivity index (χ0) is 15.5. The number of aryl methyl sites for hydroxylation is 1. The molecule has 0 fully saturated rings. The molecule has 0 saturated carbocycles. The Morgan fingerprint density at radius 3 is 2.38 bits per heavy atom. The lowest BCUT2D eigenvalue weighted by atomic mass is 10.4. The molecule has 0 aliphatic heterocycles. The van der Waals surface area contributed by atoms with Crippen LogP contribution in [0.4, 0.5) is 24.8 Å². The molecule has 2 rings (SSSR count). The molecule has 0 unspecified atom stereocenters. The Morgan fingerprint density at radius 2 is 1.86 bits per heavy atom. The van der Waals surface area contributed by atoms with Crippen molar-refractivity contribution in [3.8, 4) is 0 Å². The van der Waals surface area contributed by atoms with Gasteiger partial charge < -0.3 is 10.6 Å². The van der Waals surface area contributed by atoms with E-state index in [1.54, 1.807) is 14.0 Å². The van der Waals surface area contributed by atoms with E-state index in [1.165, 1.54) is 17.1 Å². The minimum absolute atomic E-state index is 0.0562. The third-order valence-corrected chi connectivity index (χ3v) is 2.41. The Morgan fingerprint density at radius 1 is 1.19 bits per heavy atom. The molecule has 21 heavy (non-hydrogen) atoms. The minimum Gasteiger partial charge on any atom is -0.370 e. The van der Waals surface area contributed by atoms with Crippen molar-refractivity contribution in [2.45, 2.75) is 19.6 Å². The van der Waals surface area contributed by atoms with Crippen LogP contribution < -0.4 is 10.6 Å². The summed E-state index contributed by atoms with van der Waals surface area (Å²) in [6, 6.07) is 1.40. The summed E-state index contributed by atoms with van der Waals surface area (Å²) in [5.74, 6) is -0.580. The summed E-state index contributed by atoms with van der Waals surface area (Å²) in [6.45, 7) is 2.39. The zero-order valence-electron chi connectivity index (χ0n) is 11.4. The Balaban J connectivity index is 2.19. The second kappa shape index (κ2) is 5.94. The lowest BCUT2D eigenvalue weighted by Gasteiger charge is -2.11. The van der Waals surface area contributed by atoms with Gasteiger partial charge in [-0.2, -0.15) is 18.3 Å². The van der Waals surface area contributed by atoms with Crippen LogP contribution in [0.25, 0.3) is 0 Å². The molecular formula is C11H14F3N7. The fourth-order valence-electron chi connectivity index (χ4n) is 1.57. The SMILES string of the molecule is CCNc1cc(NCc2ncn(C)n2)nc(C(F)(F)F)n1. The molecule has 0 bridgehead atoms. The van der Waals surface area contributed by atoms with E-state index in [2.05, 4.69) is 30.7 Å². The highest BCUT2D eigenvalue weighted by molar-refractivity contribution is 5.47. The summed E-state index contributed by atoms with van der Waals surface area (Å²) < 4.78 is 39.7. The minimum atomic E-state index is -4.61. The number of halogens is 3. The van der Waals surface area contributed by atoms with Gasteiger partial charge in [0.1, 0.15) is 18.0 Å². The van der Waals surface area contributed by atoms with Gasteiger partial charge in [0.2, 0.25) is 5.82 Å². The number of rotatable bonds is 5. The van der Waals surface area contributed by atoms with Gasteiger partial charge in [0.15, 0.2) is 5.82 Å². The number of aromatic nitrogens is 5. The highest BCUT2D eigenvalue weighted by Crippen LogP contribution is 2.28. The van der Waals surface area contributed by atoms with Crippen molar-refractivity contribution in [2.75, 3.05) is 17.2 Å². The molecule has 0 atom stereocenters. The molecule has 0 aliphatic rings. The summed E-state index contributed by atoms with van der Waals surface area (Å²) in [7, 11) is 1.70. The second-order valence-electron chi connectivity index (χ2n) is 4.18. The first-order valence-electron chi connectivity index (χ1n) is 6.17. The molecule has 2 heterocycles. The van der Waals surface area contributed by atoms with Gasteiger partial charge in [-0.15, -0.1) is 0 Å². The molecule has 2 aromatic heterocycles. The summed E-state index contributed by atoms with van der Waals surface area (Å²) in [5.41, 5.74) is 0. The Bertz CT molecular complexity index is 608. The van der Waals surface area contributed by atoms with E-state index in [-0.39, 0.29) is 18.2 Å². The average molecular weight is 301 g/mol. The van der Waals surface area contributed by atoms with Crippen molar-refractivity contribution >= 4 is 11.6 Å². The highest BCUT2D eigenvalue weighted by Gasteiger charge is 2.35. The van der Waals surface area contributed by atoms with Gasteiger partial charge in [0.05, 0.1) is 6.54 Å². The van der Waals surface area contributed by atoms with Crippen LogP contribution in [-0.4, -0.2) is 31.3 Å². The van der Waals surface area contributed by atoms with Crippen molar-refractivity contribution in [2.24, 2.45) is 7.05 Å². The quantitative estimate of drug-likeness (QED) is 0.874. The van der Waals surface area contributed by atoms with Gasteiger partial charge in [-0.1, -0.05) is 0 Å². The molecule has 10 heteroatoms. The summed E-state index contributed by atoms with van der Waals surface area (Å²) >= 11 is 0. The van der Waals surface area contributed by atoms with Gasteiger partial charge in [-0.05, 0) is 6.92 Å². The fourth-order valence-corrected chi connectivity index (χ4v) is 1.57. The fraction of sp³-hybridized carbons (Fsp3) is 0.455. The number of alkyl halides is 3. The predicted octanol–water partition coefficient (Wildman–Crippen LogP) is 1.67. The van der Waals surface area contributed by atoms with E-state index < -0.39 is 12.0 Å². The predicted molar refractivity (Wildman–Crippen MR) is 69.5 cm³/mol. The summed E-state index contributed by atoms with van der Waals surface area (Å²) in [5, 5.41) is 9.51. The smallest absolute Gasteiger partial charge is 0.370 e. The van der Waals surface area contributed by atoms with Crippen molar-refractivity contribution in [1.82, 2.24) is 24.7 Å². The normalized spacial score (nSPS) is 11.5. The molecule has 114 valence electrons. The first-order valence-corrected chi connectivity index (χ1v) is 6.17. The van der Waals surface area contributed by atoms with Crippen molar-refractivity contribution < 1.29 is 13.2 Å². The molecule has 0 radical (unpaired) electrons. The number of nitrogens with one attached hydrogen (secondary N) is 2. The first kappa shape index (κ1) is 15.0. The molecule has 2 aromatic rings. The van der Waals surface area contributed by atoms with Gasteiger partial charge in [-0.3, -0.25) is 4.68 Å². The molecule has 2 N–H and O–H groups in total. The Hall–Kier alpha value is -2.39. The van der Waals surface area contributed by atoms with Crippen molar-refractivity contribution in [3.63, 3.8) is 0 Å². The Labute approximate surface area is 118 Å². The van der Waals surface area contributed by atoms with Crippen molar-refractivity contribution in [1.29, 1.82) is 0 Å². The largest absolute Gasteiger partial charge is 0.451 e. The molecular weight excluding hydrogens is 287 g/mol. The number of hydrogen-bond acceptors (Lipinski definition) is 6. The molecule has 0 aliphatic carbocycles. The lowest BCUT2D eigenvalue weighted by Crippen LogP contribution is -2.15. The zero-order valence-corrected chi connectivity index (χ0v) is 11.4. The van der Waals surface area contributed by atoms with Gasteiger partial charge in [0.25, 0.3) is 0 Å². The highest BCUT2D eigenvalue weighted by atomic mass is 19.4. The van der Waals surface area contributed by atoms with E-state index in [4.69, 9.17) is 0 Å². The van der Waals surface area contributed by atoms with E-state index in [0.717, 1.165) is 0 Å².